The second kappa shape index (κ2) is 5.86. The Labute approximate surface area is 97.1 Å². The summed E-state index contributed by atoms with van der Waals surface area (Å²) in [6.45, 7) is 1.77. The summed E-state index contributed by atoms with van der Waals surface area (Å²) >= 11 is 3.13. The van der Waals surface area contributed by atoms with Crippen molar-refractivity contribution in [1.82, 2.24) is 5.43 Å². The first-order valence-corrected chi connectivity index (χ1v) is 5.29. The van der Waals surface area contributed by atoms with Crippen molar-refractivity contribution in [2.24, 2.45) is 5.84 Å². The summed E-state index contributed by atoms with van der Waals surface area (Å²) in [6.07, 6.45) is 0.602. The molecule has 0 aliphatic heterocycles. The zero-order valence-corrected chi connectivity index (χ0v) is 9.94. The average Bonchev–Trinajstić information content (AvgIpc) is 2.24. The fourth-order valence-corrected chi connectivity index (χ4v) is 1.60. The normalized spacial score (nSPS) is 11.7. The van der Waals surface area contributed by atoms with Crippen LogP contribution in [0.2, 0.25) is 0 Å². The van der Waals surface area contributed by atoms with Crippen LogP contribution in [-0.4, -0.2) is 0 Å². The second-order valence-electron chi connectivity index (χ2n) is 3.02. The molecule has 0 saturated carbocycles. The number of halogens is 2. The van der Waals surface area contributed by atoms with Crippen LogP contribution in [-0.2, 0) is 0 Å². The Bertz CT molecular complexity index is 395. The predicted molar refractivity (Wildman–Crippen MR) is 62.2 cm³/mol. The van der Waals surface area contributed by atoms with Gasteiger partial charge in [-0.3, -0.25) is 11.3 Å². The monoisotopic (exact) mass is 270 g/mol. The molecule has 0 aliphatic carbocycles. The predicted octanol–water partition coefficient (Wildman–Crippen LogP) is 2.51. The lowest BCUT2D eigenvalue weighted by Gasteiger charge is -2.13. The maximum absolute atomic E-state index is 13.0. The van der Waals surface area contributed by atoms with Gasteiger partial charge in [0, 0.05) is 6.42 Å². The lowest BCUT2D eigenvalue weighted by Crippen LogP contribution is -2.27. The Hall–Kier alpha value is -0.890. The summed E-state index contributed by atoms with van der Waals surface area (Å²) in [5.74, 6) is 10.9. The standard InChI is InChI=1S/C11H12BrFN2/c1-2-3-4-11(15-14)8-5-6-10(13)9(12)7-8/h5-7,11,15H,4,14H2,1H3. The molecule has 0 radical (unpaired) electrons. The SMILES string of the molecule is CC#CCC(NN)c1ccc(F)c(Br)c1. The molecule has 1 rings (SSSR count). The van der Waals surface area contributed by atoms with E-state index in [1.807, 2.05) is 0 Å². The van der Waals surface area contributed by atoms with Crippen molar-refractivity contribution in [3.05, 3.63) is 34.1 Å². The van der Waals surface area contributed by atoms with Crippen molar-refractivity contribution < 1.29 is 4.39 Å². The van der Waals surface area contributed by atoms with E-state index in [1.54, 1.807) is 19.1 Å². The lowest BCUT2D eigenvalue weighted by molar-refractivity contribution is 0.563. The number of rotatable bonds is 3. The molecule has 0 fully saturated rings. The molecule has 2 nitrogen and oxygen atoms in total. The Morgan fingerprint density at radius 1 is 1.60 bits per heavy atom. The van der Waals surface area contributed by atoms with Crippen molar-refractivity contribution in [3.8, 4) is 11.8 Å². The van der Waals surface area contributed by atoms with Gasteiger partial charge in [-0.15, -0.1) is 11.8 Å². The number of nitrogens with one attached hydrogen (secondary N) is 1. The van der Waals surface area contributed by atoms with E-state index in [2.05, 4.69) is 33.2 Å². The largest absolute Gasteiger partial charge is 0.271 e. The van der Waals surface area contributed by atoms with Crippen molar-refractivity contribution in [2.45, 2.75) is 19.4 Å². The van der Waals surface area contributed by atoms with Crippen molar-refractivity contribution >= 4 is 15.9 Å². The van der Waals surface area contributed by atoms with Crippen LogP contribution >= 0.6 is 15.9 Å². The molecule has 3 N–H and O–H groups in total. The van der Waals surface area contributed by atoms with Crippen LogP contribution in [0.15, 0.2) is 22.7 Å². The average molecular weight is 271 g/mol. The van der Waals surface area contributed by atoms with Crippen LogP contribution in [0.5, 0.6) is 0 Å². The number of nitrogens with two attached hydrogens (primary N) is 1. The molecule has 1 aromatic carbocycles. The van der Waals surface area contributed by atoms with E-state index < -0.39 is 0 Å². The van der Waals surface area contributed by atoms with Gasteiger partial charge in [-0.1, -0.05) is 6.07 Å². The lowest BCUT2D eigenvalue weighted by atomic mass is 10.0. The minimum absolute atomic E-state index is 0.0747. The third kappa shape index (κ3) is 3.31. The summed E-state index contributed by atoms with van der Waals surface area (Å²) in [7, 11) is 0. The highest BCUT2D eigenvalue weighted by Crippen LogP contribution is 2.22. The van der Waals surface area contributed by atoms with Crippen molar-refractivity contribution in [1.29, 1.82) is 0 Å². The summed E-state index contributed by atoms with van der Waals surface area (Å²) in [5.41, 5.74) is 3.56. The molecule has 0 saturated heterocycles. The fourth-order valence-electron chi connectivity index (χ4n) is 1.21. The van der Waals surface area contributed by atoms with Gasteiger partial charge in [0.1, 0.15) is 5.82 Å². The quantitative estimate of drug-likeness (QED) is 0.503. The number of hydrogen-bond donors (Lipinski definition) is 2. The zero-order chi connectivity index (χ0) is 11.3. The van der Waals surface area contributed by atoms with E-state index in [0.717, 1.165) is 5.56 Å². The first-order chi connectivity index (χ1) is 7.19. The van der Waals surface area contributed by atoms with Gasteiger partial charge >= 0.3 is 0 Å². The van der Waals surface area contributed by atoms with E-state index in [-0.39, 0.29) is 11.9 Å². The van der Waals surface area contributed by atoms with Gasteiger partial charge in [0.15, 0.2) is 0 Å². The van der Waals surface area contributed by atoms with E-state index in [9.17, 15) is 4.39 Å². The van der Waals surface area contributed by atoms with Crippen LogP contribution in [0.3, 0.4) is 0 Å². The molecule has 80 valence electrons. The molecular formula is C11H12BrFN2. The Morgan fingerprint density at radius 3 is 2.87 bits per heavy atom. The summed E-state index contributed by atoms with van der Waals surface area (Å²) in [6, 6.07) is 4.73. The van der Waals surface area contributed by atoms with Crippen LogP contribution in [0, 0.1) is 17.7 Å². The highest BCUT2D eigenvalue weighted by molar-refractivity contribution is 9.10. The van der Waals surface area contributed by atoms with E-state index >= 15 is 0 Å². The zero-order valence-electron chi connectivity index (χ0n) is 8.35. The highest BCUT2D eigenvalue weighted by Gasteiger charge is 2.09. The van der Waals surface area contributed by atoms with Gasteiger partial charge in [0.05, 0.1) is 10.5 Å². The molecule has 0 bridgehead atoms. The topological polar surface area (TPSA) is 38.0 Å². The summed E-state index contributed by atoms with van der Waals surface area (Å²) in [5, 5.41) is 0. The van der Waals surface area contributed by atoms with Gasteiger partial charge in [0.2, 0.25) is 0 Å². The molecule has 4 heteroatoms. The van der Waals surface area contributed by atoms with Crippen LogP contribution < -0.4 is 11.3 Å². The Kier molecular flexibility index (Phi) is 4.76. The molecular weight excluding hydrogens is 259 g/mol. The first kappa shape index (κ1) is 12.2. The smallest absolute Gasteiger partial charge is 0.137 e. The summed E-state index contributed by atoms with van der Waals surface area (Å²) in [4.78, 5) is 0. The first-order valence-electron chi connectivity index (χ1n) is 4.49. The van der Waals surface area contributed by atoms with Gasteiger partial charge in [0.25, 0.3) is 0 Å². The maximum Gasteiger partial charge on any atom is 0.137 e. The molecule has 0 aliphatic rings. The van der Waals surface area contributed by atoms with E-state index in [1.165, 1.54) is 6.07 Å². The maximum atomic E-state index is 13.0. The Balaban J connectivity index is 2.90. The number of hydrogen-bond acceptors (Lipinski definition) is 2. The number of hydrazine groups is 1. The number of benzene rings is 1. The van der Waals surface area contributed by atoms with Crippen LogP contribution in [0.25, 0.3) is 0 Å². The molecule has 0 spiro atoms. The fraction of sp³-hybridized carbons (Fsp3) is 0.273. The minimum Gasteiger partial charge on any atom is -0.271 e. The van der Waals surface area contributed by atoms with Gasteiger partial charge in [-0.2, -0.15) is 0 Å². The van der Waals surface area contributed by atoms with Gasteiger partial charge in [-0.05, 0) is 40.5 Å². The van der Waals surface area contributed by atoms with E-state index in [4.69, 9.17) is 5.84 Å². The van der Waals surface area contributed by atoms with Crippen LogP contribution in [0.4, 0.5) is 4.39 Å². The van der Waals surface area contributed by atoms with Gasteiger partial charge in [-0.25, -0.2) is 4.39 Å². The highest BCUT2D eigenvalue weighted by atomic mass is 79.9. The van der Waals surface area contributed by atoms with Crippen molar-refractivity contribution in [3.63, 3.8) is 0 Å². The molecule has 1 unspecified atom stereocenters. The molecule has 15 heavy (non-hydrogen) atoms. The minimum atomic E-state index is -0.281. The third-order valence-electron chi connectivity index (χ3n) is 2.03. The van der Waals surface area contributed by atoms with Gasteiger partial charge < -0.3 is 0 Å². The van der Waals surface area contributed by atoms with E-state index in [0.29, 0.717) is 10.9 Å². The third-order valence-corrected chi connectivity index (χ3v) is 2.64. The molecule has 1 atom stereocenters. The second-order valence-corrected chi connectivity index (χ2v) is 3.88. The molecule has 0 heterocycles. The van der Waals surface area contributed by atoms with Crippen LogP contribution in [0.1, 0.15) is 24.9 Å². The molecule has 0 amide bonds. The summed E-state index contributed by atoms with van der Waals surface area (Å²) < 4.78 is 13.4. The van der Waals surface area contributed by atoms with Crippen molar-refractivity contribution in [2.75, 3.05) is 0 Å². The molecule has 0 aromatic heterocycles. The Morgan fingerprint density at radius 2 is 2.33 bits per heavy atom. The molecule has 1 aromatic rings.